The second-order valence-electron chi connectivity index (χ2n) is 4.48. The molecule has 0 aliphatic rings. The van der Waals surface area contributed by atoms with E-state index in [0.29, 0.717) is 0 Å². The van der Waals surface area contributed by atoms with E-state index in [0.717, 1.165) is 30.5 Å². The zero-order chi connectivity index (χ0) is 12.0. The molecule has 0 atom stereocenters. The van der Waals surface area contributed by atoms with Gasteiger partial charge in [-0.3, -0.25) is 0 Å². The number of hydrogen-bond donors (Lipinski definition) is 1. The molecule has 2 nitrogen and oxygen atoms in total. The van der Waals surface area contributed by atoms with Crippen LogP contribution in [0.3, 0.4) is 0 Å². The standard InChI is InChI=1S/C12H20ClNOS/c1-12(2,6-7-14-8-9-15-3)10-4-5-11(13)16-10/h4-5,14H,6-9H2,1-3H3. The molecule has 1 heterocycles. The Morgan fingerprint density at radius 1 is 1.38 bits per heavy atom. The molecule has 4 heteroatoms. The highest BCUT2D eigenvalue weighted by Gasteiger charge is 2.21. The normalized spacial score (nSPS) is 12.0. The van der Waals surface area contributed by atoms with Gasteiger partial charge in [-0.2, -0.15) is 0 Å². The maximum Gasteiger partial charge on any atom is 0.0931 e. The van der Waals surface area contributed by atoms with Crippen LogP contribution in [0.4, 0.5) is 0 Å². The number of methoxy groups -OCH3 is 1. The Morgan fingerprint density at radius 2 is 2.12 bits per heavy atom. The first-order chi connectivity index (χ1) is 7.56. The van der Waals surface area contributed by atoms with Crippen LogP contribution >= 0.6 is 22.9 Å². The molecule has 0 fully saturated rings. The first-order valence-electron chi connectivity index (χ1n) is 5.52. The van der Waals surface area contributed by atoms with Crippen LogP contribution in [0.25, 0.3) is 0 Å². The van der Waals surface area contributed by atoms with Crippen LogP contribution in [-0.4, -0.2) is 26.8 Å². The second-order valence-corrected chi connectivity index (χ2v) is 6.20. The van der Waals surface area contributed by atoms with Crippen LogP contribution in [0.15, 0.2) is 12.1 Å². The van der Waals surface area contributed by atoms with Crippen molar-refractivity contribution >= 4 is 22.9 Å². The van der Waals surface area contributed by atoms with Gasteiger partial charge in [-0.05, 0) is 25.1 Å². The highest BCUT2D eigenvalue weighted by molar-refractivity contribution is 7.16. The summed E-state index contributed by atoms with van der Waals surface area (Å²) in [6, 6.07) is 4.10. The highest BCUT2D eigenvalue weighted by atomic mass is 35.5. The van der Waals surface area contributed by atoms with E-state index in [1.165, 1.54) is 4.88 Å². The third-order valence-corrected chi connectivity index (χ3v) is 4.25. The SMILES string of the molecule is COCCNCCC(C)(C)c1ccc(Cl)s1. The Kier molecular flexibility index (Phi) is 5.76. The fourth-order valence-corrected chi connectivity index (χ4v) is 2.67. The van der Waals surface area contributed by atoms with Gasteiger partial charge in [-0.1, -0.05) is 25.4 Å². The minimum Gasteiger partial charge on any atom is -0.383 e. The summed E-state index contributed by atoms with van der Waals surface area (Å²) in [5, 5.41) is 3.37. The van der Waals surface area contributed by atoms with Crippen molar-refractivity contribution in [2.24, 2.45) is 0 Å². The molecular weight excluding hydrogens is 242 g/mol. The van der Waals surface area contributed by atoms with Crippen molar-refractivity contribution in [1.82, 2.24) is 5.32 Å². The lowest BCUT2D eigenvalue weighted by atomic mass is 9.87. The largest absolute Gasteiger partial charge is 0.383 e. The zero-order valence-corrected chi connectivity index (χ0v) is 11.8. The van der Waals surface area contributed by atoms with Gasteiger partial charge >= 0.3 is 0 Å². The Balaban J connectivity index is 2.34. The fraction of sp³-hybridized carbons (Fsp3) is 0.667. The summed E-state index contributed by atoms with van der Waals surface area (Å²) in [4.78, 5) is 1.35. The summed E-state index contributed by atoms with van der Waals surface area (Å²) < 4.78 is 5.85. The molecule has 0 saturated carbocycles. The predicted octanol–water partition coefficient (Wildman–Crippen LogP) is 3.31. The molecule has 0 amide bonds. The third kappa shape index (κ3) is 4.42. The molecule has 1 aromatic rings. The highest BCUT2D eigenvalue weighted by Crippen LogP contribution is 2.34. The van der Waals surface area contributed by atoms with Gasteiger partial charge in [0.25, 0.3) is 0 Å². The van der Waals surface area contributed by atoms with E-state index in [1.807, 2.05) is 6.07 Å². The number of rotatable bonds is 7. The molecule has 0 unspecified atom stereocenters. The van der Waals surface area contributed by atoms with Gasteiger partial charge in [0.15, 0.2) is 0 Å². The maximum absolute atomic E-state index is 5.96. The quantitative estimate of drug-likeness (QED) is 0.761. The van der Waals surface area contributed by atoms with Gasteiger partial charge in [-0.25, -0.2) is 0 Å². The summed E-state index contributed by atoms with van der Waals surface area (Å²) in [7, 11) is 1.72. The summed E-state index contributed by atoms with van der Waals surface area (Å²) in [5.41, 5.74) is 0.192. The number of hydrogen-bond acceptors (Lipinski definition) is 3. The zero-order valence-electron chi connectivity index (χ0n) is 10.2. The van der Waals surface area contributed by atoms with E-state index in [9.17, 15) is 0 Å². The molecule has 0 saturated heterocycles. The van der Waals surface area contributed by atoms with E-state index in [2.05, 4.69) is 25.2 Å². The Bertz CT molecular complexity index is 312. The lowest BCUT2D eigenvalue weighted by Crippen LogP contribution is -2.26. The molecule has 0 bridgehead atoms. The molecular formula is C12H20ClNOS. The average Bonchev–Trinajstić information content (AvgIpc) is 2.65. The van der Waals surface area contributed by atoms with E-state index in [-0.39, 0.29) is 5.41 Å². The van der Waals surface area contributed by atoms with Crippen molar-refractivity contribution in [3.05, 3.63) is 21.3 Å². The van der Waals surface area contributed by atoms with Gasteiger partial charge in [-0.15, -0.1) is 11.3 Å². The molecule has 0 aliphatic heterocycles. The molecule has 1 rings (SSSR count). The molecule has 1 N–H and O–H groups in total. The molecule has 0 aromatic carbocycles. The number of nitrogens with one attached hydrogen (secondary N) is 1. The minimum absolute atomic E-state index is 0.192. The number of thiophene rings is 1. The van der Waals surface area contributed by atoms with Crippen LogP contribution in [0.5, 0.6) is 0 Å². The van der Waals surface area contributed by atoms with Gasteiger partial charge in [0.2, 0.25) is 0 Å². The molecule has 16 heavy (non-hydrogen) atoms. The monoisotopic (exact) mass is 261 g/mol. The van der Waals surface area contributed by atoms with Gasteiger partial charge in [0, 0.05) is 23.9 Å². The average molecular weight is 262 g/mol. The van der Waals surface area contributed by atoms with Crippen LogP contribution in [0.1, 0.15) is 25.1 Å². The van der Waals surface area contributed by atoms with Crippen molar-refractivity contribution in [1.29, 1.82) is 0 Å². The number of ether oxygens (including phenoxy) is 1. The van der Waals surface area contributed by atoms with Crippen molar-refractivity contribution in [3.8, 4) is 0 Å². The first-order valence-corrected chi connectivity index (χ1v) is 6.71. The van der Waals surface area contributed by atoms with Crippen LogP contribution in [0, 0.1) is 0 Å². The molecule has 92 valence electrons. The number of halogens is 1. The maximum atomic E-state index is 5.96. The van der Waals surface area contributed by atoms with Crippen LogP contribution in [-0.2, 0) is 10.2 Å². The van der Waals surface area contributed by atoms with Gasteiger partial charge < -0.3 is 10.1 Å². The van der Waals surface area contributed by atoms with E-state index in [4.69, 9.17) is 16.3 Å². The van der Waals surface area contributed by atoms with Crippen molar-refractivity contribution in [2.75, 3.05) is 26.8 Å². The summed E-state index contributed by atoms with van der Waals surface area (Å²) in [6.45, 7) is 7.20. The Labute approximate surface area is 107 Å². The lowest BCUT2D eigenvalue weighted by molar-refractivity contribution is 0.198. The van der Waals surface area contributed by atoms with Crippen LogP contribution < -0.4 is 5.32 Å². The van der Waals surface area contributed by atoms with Crippen molar-refractivity contribution < 1.29 is 4.74 Å². The summed E-state index contributed by atoms with van der Waals surface area (Å²) >= 11 is 7.63. The smallest absolute Gasteiger partial charge is 0.0931 e. The first kappa shape index (κ1) is 14.0. The van der Waals surface area contributed by atoms with Crippen LogP contribution in [0.2, 0.25) is 4.34 Å². The van der Waals surface area contributed by atoms with E-state index >= 15 is 0 Å². The Hall–Kier alpha value is -0.0900. The van der Waals surface area contributed by atoms with E-state index in [1.54, 1.807) is 18.4 Å². The molecule has 1 aromatic heterocycles. The van der Waals surface area contributed by atoms with Gasteiger partial charge in [0.05, 0.1) is 10.9 Å². The summed E-state index contributed by atoms with van der Waals surface area (Å²) in [5.74, 6) is 0. The summed E-state index contributed by atoms with van der Waals surface area (Å²) in [6.07, 6.45) is 1.10. The van der Waals surface area contributed by atoms with Gasteiger partial charge in [0.1, 0.15) is 0 Å². The fourth-order valence-electron chi connectivity index (χ4n) is 1.50. The topological polar surface area (TPSA) is 21.3 Å². The molecule has 0 aliphatic carbocycles. The minimum atomic E-state index is 0.192. The lowest BCUT2D eigenvalue weighted by Gasteiger charge is -2.23. The predicted molar refractivity (Wildman–Crippen MR) is 71.7 cm³/mol. The van der Waals surface area contributed by atoms with E-state index < -0.39 is 0 Å². The van der Waals surface area contributed by atoms with Crippen molar-refractivity contribution in [3.63, 3.8) is 0 Å². The third-order valence-electron chi connectivity index (χ3n) is 2.65. The molecule has 0 spiro atoms. The second kappa shape index (κ2) is 6.60. The van der Waals surface area contributed by atoms with Crippen molar-refractivity contribution in [2.45, 2.75) is 25.7 Å². The Morgan fingerprint density at radius 3 is 2.69 bits per heavy atom. The molecule has 0 radical (unpaired) electrons.